The van der Waals surface area contributed by atoms with Crippen molar-refractivity contribution in [1.82, 2.24) is 0 Å². The molecule has 0 aromatic carbocycles. The zero-order valence-electron chi connectivity index (χ0n) is 7.63. The maximum Gasteiger partial charge on any atom is 0.305 e. The average Bonchev–Trinajstić information content (AvgIpc) is 1.80. The maximum atomic E-state index is 12.6. The molecular formula is C8H15FO3. The number of carbonyl (C=O) groups excluding carboxylic acids is 1. The second-order valence-electron chi connectivity index (χ2n) is 3.37. The predicted molar refractivity (Wildman–Crippen MR) is 42.2 cm³/mol. The van der Waals surface area contributed by atoms with Gasteiger partial charge in [0, 0.05) is 13.3 Å². The Morgan fingerprint density at radius 2 is 2.17 bits per heavy atom. The highest BCUT2D eigenvalue weighted by atomic mass is 19.1. The Morgan fingerprint density at radius 1 is 1.67 bits per heavy atom. The Kier molecular flexibility index (Phi) is 4.17. The summed E-state index contributed by atoms with van der Waals surface area (Å²) in [7, 11) is 0. The first kappa shape index (κ1) is 11.4. The fourth-order valence-corrected chi connectivity index (χ4v) is 0.706. The predicted octanol–water partition coefficient (Wildman–Crippen LogP) is 1.40. The van der Waals surface area contributed by atoms with Crippen molar-refractivity contribution in [3.63, 3.8) is 0 Å². The molecule has 0 aromatic heterocycles. The minimum atomic E-state index is -1.60. The molecule has 0 aromatic rings. The lowest BCUT2D eigenvalue weighted by Crippen LogP contribution is -2.21. The van der Waals surface area contributed by atoms with Crippen LogP contribution >= 0.6 is 0 Å². The Balaban J connectivity index is 3.57. The smallest absolute Gasteiger partial charge is 0.305 e. The number of hydrogen-bond donors (Lipinski definition) is 1. The number of carbonyl (C=O) groups is 1. The molecule has 0 spiro atoms. The van der Waals surface area contributed by atoms with Crippen LogP contribution in [0.3, 0.4) is 0 Å². The molecule has 72 valence electrons. The van der Waals surface area contributed by atoms with Crippen LogP contribution in [0.25, 0.3) is 0 Å². The van der Waals surface area contributed by atoms with Gasteiger partial charge in [-0.3, -0.25) is 4.79 Å². The molecule has 12 heavy (non-hydrogen) atoms. The van der Waals surface area contributed by atoms with Crippen molar-refractivity contribution in [2.24, 2.45) is 0 Å². The number of rotatable bonds is 4. The van der Waals surface area contributed by atoms with Gasteiger partial charge in [0.15, 0.2) is 0 Å². The van der Waals surface area contributed by atoms with Crippen molar-refractivity contribution in [3.05, 3.63) is 0 Å². The van der Waals surface area contributed by atoms with Crippen LogP contribution in [0.1, 0.15) is 33.6 Å². The summed E-state index contributed by atoms with van der Waals surface area (Å²) in [6.45, 7) is 4.30. The first-order valence-electron chi connectivity index (χ1n) is 3.85. The number of alkyl halides is 1. The highest BCUT2D eigenvalue weighted by molar-refractivity contribution is 5.65. The first-order valence-corrected chi connectivity index (χ1v) is 3.85. The largest absolute Gasteiger partial charge is 0.431 e. The van der Waals surface area contributed by atoms with Gasteiger partial charge in [0.1, 0.15) is 0 Å². The van der Waals surface area contributed by atoms with Crippen molar-refractivity contribution in [1.29, 1.82) is 0 Å². The second-order valence-corrected chi connectivity index (χ2v) is 3.37. The van der Waals surface area contributed by atoms with E-state index in [1.54, 1.807) is 13.8 Å². The molecule has 0 aliphatic carbocycles. The van der Waals surface area contributed by atoms with Gasteiger partial charge < -0.3 is 9.84 Å². The summed E-state index contributed by atoms with van der Waals surface area (Å²) in [5, 5.41) is 9.19. The molecule has 1 atom stereocenters. The number of halogens is 1. The van der Waals surface area contributed by atoms with Crippen LogP contribution in [0.5, 0.6) is 0 Å². The van der Waals surface area contributed by atoms with Gasteiger partial charge in [-0.25, -0.2) is 4.39 Å². The molecule has 3 nitrogen and oxygen atoms in total. The minimum Gasteiger partial charge on any atom is -0.431 e. The van der Waals surface area contributed by atoms with E-state index in [0.717, 1.165) is 6.92 Å². The lowest BCUT2D eigenvalue weighted by atomic mass is 10.0. The second kappa shape index (κ2) is 4.40. The molecule has 0 fully saturated rings. The van der Waals surface area contributed by atoms with Crippen molar-refractivity contribution >= 4 is 5.97 Å². The van der Waals surface area contributed by atoms with Crippen molar-refractivity contribution in [3.8, 4) is 0 Å². The van der Waals surface area contributed by atoms with E-state index >= 15 is 0 Å². The highest BCUT2D eigenvalue weighted by Crippen LogP contribution is 2.14. The standard InChI is InChI=1S/C8H15FO3/c1-6(10)12-7(9)4-5-8(2,3)11/h7,11H,4-5H2,1-3H3. The number of esters is 1. The van der Waals surface area contributed by atoms with E-state index in [1.807, 2.05) is 0 Å². The Hall–Kier alpha value is -0.640. The van der Waals surface area contributed by atoms with E-state index in [1.165, 1.54) is 0 Å². The van der Waals surface area contributed by atoms with Crippen LogP contribution < -0.4 is 0 Å². The van der Waals surface area contributed by atoms with Crippen LogP contribution in [-0.4, -0.2) is 23.0 Å². The molecular weight excluding hydrogens is 163 g/mol. The third-order valence-corrected chi connectivity index (χ3v) is 1.28. The van der Waals surface area contributed by atoms with E-state index in [9.17, 15) is 14.3 Å². The van der Waals surface area contributed by atoms with Crippen molar-refractivity contribution in [2.75, 3.05) is 0 Å². The Labute approximate surface area is 71.5 Å². The number of hydrogen-bond acceptors (Lipinski definition) is 3. The summed E-state index contributed by atoms with van der Waals surface area (Å²) in [4.78, 5) is 10.3. The normalized spacial score (nSPS) is 14.1. The summed E-state index contributed by atoms with van der Waals surface area (Å²) < 4.78 is 16.9. The summed E-state index contributed by atoms with van der Waals surface area (Å²) in [6, 6.07) is 0. The molecule has 0 radical (unpaired) electrons. The molecule has 0 amide bonds. The molecule has 0 aliphatic rings. The quantitative estimate of drug-likeness (QED) is 0.662. The Bertz CT molecular complexity index is 151. The lowest BCUT2D eigenvalue weighted by molar-refractivity contribution is -0.156. The topological polar surface area (TPSA) is 46.5 Å². The molecule has 0 bridgehead atoms. The number of ether oxygens (including phenoxy) is 1. The summed E-state index contributed by atoms with van der Waals surface area (Å²) >= 11 is 0. The van der Waals surface area contributed by atoms with E-state index in [0.29, 0.717) is 0 Å². The van der Waals surface area contributed by atoms with E-state index in [2.05, 4.69) is 4.74 Å². The number of aliphatic hydroxyl groups is 1. The van der Waals surface area contributed by atoms with Gasteiger partial charge >= 0.3 is 5.97 Å². The summed E-state index contributed by atoms with van der Waals surface area (Å²) in [5.41, 5.74) is -0.912. The fraction of sp³-hybridized carbons (Fsp3) is 0.875. The zero-order valence-corrected chi connectivity index (χ0v) is 7.63. The van der Waals surface area contributed by atoms with E-state index in [-0.39, 0.29) is 12.8 Å². The molecule has 0 saturated heterocycles. The van der Waals surface area contributed by atoms with Crippen molar-refractivity contribution in [2.45, 2.75) is 45.6 Å². The molecule has 4 heteroatoms. The van der Waals surface area contributed by atoms with Gasteiger partial charge in [-0.1, -0.05) is 0 Å². The molecule has 0 rings (SSSR count). The van der Waals surface area contributed by atoms with Crippen LogP contribution in [0.4, 0.5) is 4.39 Å². The third kappa shape index (κ3) is 7.47. The molecule has 0 aliphatic heterocycles. The summed E-state index contributed by atoms with van der Waals surface area (Å²) in [5.74, 6) is -0.641. The van der Waals surface area contributed by atoms with E-state index in [4.69, 9.17) is 0 Å². The summed E-state index contributed by atoms with van der Waals surface area (Å²) in [6.07, 6.45) is -1.31. The van der Waals surface area contributed by atoms with Crippen LogP contribution in [0.15, 0.2) is 0 Å². The first-order chi connectivity index (χ1) is 5.31. The van der Waals surface area contributed by atoms with Crippen molar-refractivity contribution < 1.29 is 19.0 Å². The highest BCUT2D eigenvalue weighted by Gasteiger charge is 2.17. The average molecular weight is 178 g/mol. The Morgan fingerprint density at radius 3 is 2.50 bits per heavy atom. The third-order valence-electron chi connectivity index (χ3n) is 1.28. The fourth-order valence-electron chi connectivity index (χ4n) is 0.706. The van der Waals surface area contributed by atoms with Gasteiger partial charge in [-0.05, 0) is 20.3 Å². The van der Waals surface area contributed by atoms with Gasteiger partial charge in [-0.2, -0.15) is 0 Å². The van der Waals surface area contributed by atoms with Crippen LogP contribution in [-0.2, 0) is 9.53 Å². The minimum absolute atomic E-state index is 0.0308. The van der Waals surface area contributed by atoms with E-state index < -0.39 is 17.9 Å². The SMILES string of the molecule is CC(=O)OC(F)CCC(C)(C)O. The van der Waals surface area contributed by atoms with Gasteiger partial charge in [0.2, 0.25) is 6.36 Å². The van der Waals surface area contributed by atoms with Gasteiger partial charge in [0.05, 0.1) is 5.60 Å². The molecule has 1 N–H and O–H groups in total. The maximum absolute atomic E-state index is 12.6. The molecule has 0 heterocycles. The molecule has 0 saturated carbocycles. The monoisotopic (exact) mass is 178 g/mol. The van der Waals surface area contributed by atoms with Gasteiger partial charge in [0.25, 0.3) is 0 Å². The van der Waals surface area contributed by atoms with Crippen LogP contribution in [0, 0.1) is 0 Å². The lowest BCUT2D eigenvalue weighted by Gasteiger charge is -2.17. The van der Waals surface area contributed by atoms with Crippen LogP contribution in [0.2, 0.25) is 0 Å². The van der Waals surface area contributed by atoms with Gasteiger partial charge in [-0.15, -0.1) is 0 Å². The molecule has 1 unspecified atom stereocenters. The zero-order chi connectivity index (χ0) is 9.78.